The molecule has 0 atom stereocenters. The van der Waals surface area contributed by atoms with Gasteiger partial charge in [-0.1, -0.05) is 0 Å². The number of rotatable bonds is 0. The molecule has 1 aromatic rings. The van der Waals surface area contributed by atoms with E-state index in [0.717, 1.165) is 6.07 Å². The average Bonchev–Trinajstić information content (AvgIpc) is 2.90. The van der Waals surface area contributed by atoms with Crippen LogP contribution in [0.25, 0.3) is 0 Å². The first-order valence-electron chi connectivity index (χ1n) is 4.56. The average molecular weight is 274 g/mol. The van der Waals surface area contributed by atoms with Crippen LogP contribution in [0.15, 0.2) is 10.5 Å². The van der Waals surface area contributed by atoms with Gasteiger partial charge in [-0.05, 0) is 34.8 Å². The smallest absolute Gasteiger partial charge is 0.235 e. The Bertz CT molecular complexity index is 497. The maximum atomic E-state index is 13.8. The summed E-state index contributed by atoms with van der Waals surface area (Å²) in [5, 5.41) is 2.52. The van der Waals surface area contributed by atoms with Crippen molar-refractivity contribution in [2.45, 2.75) is 18.3 Å². The van der Waals surface area contributed by atoms with Crippen LogP contribution in [0.1, 0.15) is 18.4 Å². The van der Waals surface area contributed by atoms with Gasteiger partial charge in [0, 0.05) is 5.56 Å². The molecule has 1 heterocycles. The molecule has 1 saturated carbocycles. The van der Waals surface area contributed by atoms with E-state index in [0.29, 0.717) is 18.4 Å². The zero-order valence-corrected chi connectivity index (χ0v) is 9.12. The maximum Gasteiger partial charge on any atom is 0.235 e. The number of nitrogens with one attached hydrogen (secondary N) is 1. The summed E-state index contributed by atoms with van der Waals surface area (Å²) >= 11 is 2.84. The summed E-state index contributed by atoms with van der Waals surface area (Å²) in [6.45, 7) is 0. The first-order valence-corrected chi connectivity index (χ1v) is 5.35. The summed E-state index contributed by atoms with van der Waals surface area (Å²) in [6.07, 6.45) is 1.28. The van der Waals surface area contributed by atoms with Crippen molar-refractivity contribution in [1.82, 2.24) is 0 Å². The molecule has 2 nitrogen and oxygen atoms in total. The summed E-state index contributed by atoms with van der Waals surface area (Å²) in [5.41, 5.74) is -0.119. The van der Waals surface area contributed by atoms with Gasteiger partial charge in [0.05, 0.1) is 15.6 Å². The van der Waals surface area contributed by atoms with E-state index in [-0.39, 0.29) is 16.1 Å². The highest BCUT2D eigenvalue weighted by Gasteiger charge is 2.58. The van der Waals surface area contributed by atoms with Gasteiger partial charge in [-0.2, -0.15) is 0 Å². The molecule has 0 bridgehead atoms. The van der Waals surface area contributed by atoms with Crippen molar-refractivity contribution in [3.05, 3.63) is 27.7 Å². The first-order chi connectivity index (χ1) is 7.06. The Labute approximate surface area is 92.8 Å². The van der Waals surface area contributed by atoms with Crippen LogP contribution in [0.5, 0.6) is 0 Å². The fourth-order valence-corrected chi connectivity index (χ4v) is 2.43. The minimum Gasteiger partial charge on any atom is -0.325 e. The van der Waals surface area contributed by atoms with Gasteiger partial charge in [-0.25, -0.2) is 8.78 Å². The fourth-order valence-electron chi connectivity index (χ4n) is 2.12. The molecule has 1 fully saturated rings. The molecule has 0 aromatic heterocycles. The van der Waals surface area contributed by atoms with Crippen LogP contribution in [0, 0.1) is 11.6 Å². The number of benzene rings is 1. The van der Waals surface area contributed by atoms with E-state index in [4.69, 9.17) is 0 Å². The molecule has 78 valence electrons. The standard InChI is InChI=1S/C10H6BrF2NO/c11-7-4(12)3-5-6(8(7)13)10(1-2-10)9(15)14-5/h3H,1-2H2,(H,14,15). The number of fused-ring (bicyclic) bond motifs is 2. The minimum absolute atomic E-state index is 0.191. The zero-order chi connectivity index (χ0) is 10.8. The summed E-state index contributed by atoms with van der Waals surface area (Å²) in [7, 11) is 0. The van der Waals surface area contributed by atoms with Crippen molar-refractivity contribution < 1.29 is 13.6 Å². The third-order valence-electron chi connectivity index (χ3n) is 3.07. The first kappa shape index (κ1) is 9.27. The van der Waals surface area contributed by atoms with Crippen LogP contribution < -0.4 is 5.32 Å². The molecule has 0 unspecified atom stereocenters. The van der Waals surface area contributed by atoms with Crippen LogP contribution in [0.4, 0.5) is 14.5 Å². The van der Waals surface area contributed by atoms with Gasteiger partial charge in [0.2, 0.25) is 5.91 Å². The molecule has 1 N–H and O–H groups in total. The van der Waals surface area contributed by atoms with Gasteiger partial charge in [0.15, 0.2) is 0 Å². The van der Waals surface area contributed by atoms with E-state index in [1.807, 2.05) is 0 Å². The SMILES string of the molecule is O=C1Nc2cc(F)c(Br)c(F)c2C12CC2. The Balaban J connectivity index is 2.32. The van der Waals surface area contributed by atoms with Crippen molar-refractivity contribution in [3.63, 3.8) is 0 Å². The second-order valence-electron chi connectivity index (χ2n) is 3.95. The Kier molecular flexibility index (Phi) is 1.60. The number of halogens is 3. The van der Waals surface area contributed by atoms with Gasteiger partial charge in [-0.15, -0.1) is 0 Å². The molecule has 15 heavy (non-hydrogen) atoms. The van der Waals surface area contributed by atoms with E-state index >= 15 is 0 Å². The maximum absolute atomic E-state index is 13.8. The molecule has 2 aliphatic rings. The minimum atomic E-state index is -0.713. The lowest BCUT2D eigenvalue weighted by Crippen LogP contribution is -2.19. The lowest BCUT2D eigenvalue weighted by atomic mass is 9.97. The van der Waals surface area contributed by atoms with E-state index in [2.05, 4.69) is 21.2 Å². The van der Waals surface area contributed by atoms with E-state index < -0.39 is 17.0 Å². The number of anilines is 1. The molecule has 1 spiro atoms. The van der Waals surface area contributed by atoms with Crippen LogP contribution in [-0.2, 0) is 10.2 Å². The van der Waals surface area contributed by atoms with Gasteiger partial charge in [0.1, 0.15) is 11.6 Å². The molecule has 0 saturated heterocycles. The molecule has 1 aromatic carbocycles. The number of hydrogen-bond donors (Lipinski definition) is 1. The second-order valence-corrected chi connectivity index (χ2v) is 4.74. The van der Waals surface area contributed by atoms with Gasteiger partial charge in [-0.3, -0.25) is 4.79 Å². The largest absolute Gasteiger partial charge is 0.325 e. The molecule has 5 heteroatoms. The Morgan fingerprint density at radius 1 is 1.40 bits per heavy atom. The molecular weight excluding hydrogens is 268 g/mol. The lowest BCUT2D eigenvalue weighted by molar-refractivity contribution is -0.117. The van der Waals surface area contributed by atoms with Gasteiger partial charge < -0.3 is 5.32 Å². The van der Waals surface area contributed by atoms with Crippen molar-refractivity contribution in [3.8, 4) is 0 Å². The van der Waals surface area contributed by atoms with Crippen molar-refractivity contribution in [2.75, 3.05) is 5.32 Å². The van der Waals surface area contributed by atoms with Crippen molar-refractivity contribution >= 4 is 27.5 Å². The van der Waals surface area contributed by atoms with Crippen LogP contribution in [0.3, 0.4) is 0 Å². The number of amides is 1. The quantitative estimate of drug-likeness (QED) is 0.724. The molecule has 3 rings (SSSR count). The number of carbonyl (C=O) groups is 1. The number of carbonyl (C=O) groups excluding carboxylic acids is 1. The van der Waals surface area contributed by atoms with Crippen LogP contribution in [-0.4, -0.2) is 5.91 Å². The zero-order valence-electron chi connectivity index (χ0n) is 7.53. The highest BCUT2D eigenvalue weighted by atomic mass is 79.9. The highest BCUT2D eigenvalue weighted by Crippen LogP contribution is 2.56. The van der Waals surface area contributed by atoms with E-state index in [1.165, 1.54) is 0 Å². The predicted molar refractivity (Wildman–Crippen MR) is 53.6 cm³/mol. The predicted octanol–water partition coefficient (Wildman–Crippen LogP) is 2.71. The Hall–Kier alpha value is -0.970. The summed E-state index contributed by atoms with van der Waals surface area (Å²) in [5.74, 6) is -1.56. The van der Waals surface area contributed by atoms with Crippen molar-refractivity contribution in [2.24, 2.45) is 0 Å². The third kappa shape index (κ3) is 0.989. The van der Waals surface area contributed by atoms with Crippen molar-refractivity contribution in [1.29, 1.82) is 0 Å². The van der Waals surface area contributed by atoms with Crippen LogP contribution in [0.2, 0.25) is 0 Å². The van der Waals surface area contributed by atoms with E-state index in [9.17, 15) is 13.6 Å². The summed E-state index contributed by atoms with van der Waals surface area (Å²) in [4.78, 5) is 11.6. The van der Waals surface area contributed by atoms with E-state index in [1.54, 1.807) is 0 Å². The lowest BCUT2D eigenvalue weighted by Gasteiger charge is -2.07. The summed E-state index contributed by atoms with van der Waals surface area (Å²) < 4.78 is 26.8. The highest BCUT2D eigenvalue weighted by molar-refractivity contribution is 9.10. The summed E-state index contributed by atoms with van der Waals surface area (Å²) in [6, 6.07) is 1.16. The van der Waals surface area contributed by atoms with Gasteiger partial charge >= 0.3 is 0 Å². The number of hydrogen-bond acceptors (Lipinski definition) is 1. The van der Waals surface area contributed by atoms with Crippen LogP contribution >= 0.6 is 15.9 Å². The topological polar surface area (TPSA) is 29.1 Å². The molecule has 1 aliphatic carbocycles. The third-order valence-corrected chi connectivity index (χ3v) is 3.80. The molecule has 0 radical (unpaired) electrons. The Morgan fingerprint density at radius 3 is 2.67 bits per heavy atom. The fraction of sp³-hybridized carbons (Fsp3) is 0.300. The molecular formula is C10H6BrF2NO. The van der Waals surface area contributed by atoms with Gasteiger partial charge in [0.25, 0.3) is 0 Å². The molecule has 1 amide bonds. The normalized spacial score (nSPS) is 20.3. The molecule has 1 aliphatic heterocycles. The Morgan fingerprint density at radius 2 is 2.07 bits per heavy atom. The second kappa shape index (κ2) is 2.58. The monoisotopic (exact) mass is 273 g/mol.